The second kappa shape index (κ2) is 30.5. The maximum Gasteiger partial charge on any atom is 0.261 e. The summed E-state index contributed by atoms with van der Waals surface area (Å²) in [6.07, 6.45) is -6.59. The van der Waals surface area contributed by atoms with Crippen molar-refractivity contribution in [3.8, 4) is 5.75 Å². The summed E-state index contributed by atoms with van der Waals surface area (Å²) in [4.78, 5) is 1.01. The monoisotopic (exact) mass is 1210 g/mol. The molecule has 2 saturated heterocycles. The van der Waals surface area contributed by atoms with Gasteiger partial charge in [0, 0.05) is 4.90 Å². The number of rotatable bonds is 29. The zero-order chi connectivity index (χ0) is 60.5. The van der Waals surface area contributed by atoms with Crippen LogP contribution in [0.4, 0.5) is 0 Å². The van der Waals surface area contributed by atoms with Gasteiger partial charge in [-0.1, -0.05) is 251 Å². The molecular formula is C74H82O11SSi. The Labute approximate surface area is 519 Å². The maximum atomic E-state index is 7.83. The molecule has 0 unspecified atom stereocenters. The van der Waals surface area contributed by atoms with Gasteiger partial charge in [0.15, 0.2) is 5.79 Å². The summed E-state index contributed by atoms with van der Waals surface area (Å²) in [7, 11) is -1.55. The third kappa shape index (κ3) is 16.7. The van der Waals surface area contributed by atoms with E-state index in [0.717, 1.165) is 48.8 Å². The van der Waals surface area contributed by atoms with Crippen LogP contribution in [0, 0.1) is 0 Å². The van der Waals surface area contributed by atoms with Crippen molar-refractivity contribution < 1.29 is 51.8 Å². The van der Waals surface area contributed by atoms with Gasteiger partial charge in [-0.05, 0) is 81.3 Å². The molecule has 2 fully saturated rings. The summed E-state index contributed by atoms with van der Waals surface area (Å²) in [6, 6.07) is 79.8. The molecule has 11 nitrogen and oxygen atoms in total. The van der Waals surface area contributed by atoms with E-state index in [0.29, 0.717) is 6.61 Å². The molecule has 0 aliphatic carbocycles. The summed E-state index contributed by atoms with van der Waals surface area (Å²) in [5, 5.41) is 1.89. The normalized spacial score (nSPS) is 21.0. The van der Waals surface area contributed by atoms with Crippen LogP contribution in [-0.4, -0.2) is 88.7 Å². The van der Waals surface area contributed by atoms with E-state index < -0.39 is 68.4 Å². The molecule has 13 heteroatoms. The average molecular weight is 1210 g/mol. The molecule has 87 heavy (non-hydrogen) atoms. The SMILES string of the molecule is C=C(O[C@H](CO[Si](c1ccccc1)(c1ccccc1)C(C)(C)C)[C@@H]1OC(C)(C)O[C@H]1Sc1ccccc1)[C@@H](OCc1ccc(OC)cc1)[C@H]1O[C@H](COCc2ccccc2)[C@@H](OCc2ccccc2)[C@H](OCc2ccccc2)[C@@H]1OCc1ccccc1. The van der Waals surface area contributed by atoms with Gasteiger partial charge in [0.25, 0.3) is 8.32 Å². The molecule has 0 aromatic heterocycles. The second-order valence-electron chi connectivity index (χ2n) is 23.5. The molecule has 0 N–H and O–H groups in total. The zero-order valence-electron chi connectivity index (χ0n) is 50.8. The fraction of sp³-hybridized carbons (Fsp3) is 0.324. The minimum absolute atomic E-state index is 0.0844. The van der Waals surface area contributed by atoms with Crippen LogP contribution in [0.5, 0.6) is 5.75 Å². The summed E-state index contributed by atoms with van der Waals surface area (Å²) in [5.74, 6) is -0.0148. The highest BCUT2D eigenvalue weighted by molar-refractivity contribution is 7.99. The van der Waals surface area contributed by atoms with Gasteiger partial charge in [-0.2, -0.15) is 0 Å². The van der Waals surface area contributed by atoms with Crippen molar-refractivity contribution in [1.82, 2.24) is 0 Å². The fourth-order valence-electron chi connectivity index (χ4n) is 11.5. The summed E-state index contributed by atoms with van der Waals surface area (Å²) in [6.45, 7) is 17.0. The highest BCUT2D eigenvalue weighted by atomic mass is 32.2. The molecule has 9 atom stereocenters. The van der Waals surface area contributed by atoms with Crippen molar-refractivity contribution in [3.05, 3.63) is 277 Å². The van der Waals surface area contributed by atoms with E-state index in [9.17, 15) is 0 Å². The molecule has 454 valence electrons. The van der Waals surface area contributed by atoms with Gasteiger partial charge in [-0.25, -0.2) is 0 Å². The van der Waals surface area contributed by atoms with Crippen LogP contribution in [-0.2, 0) is 80.1 Å². The van der Waals surface area contributed by atoms with Gasteiger partial charge in [0.05, 0.1) is 53.4 Å². The molecule has 2 aliphatic heterocycles. The first kappa shape index (κ1) is 63.3. The highest BCUT2D eigenvalue weighted by Crippen LogP contribution is 2.43. The van der Waals surface area contributed by atoms with Crippen LogP contribution in [0.1, 0.15) is 62.4 Å². The van der Waals surface area contributed by atoms with Crippen LogP contribution in [0.15, 0.2) is 254 Å². The lowest BCUT2D eigenvalue weighted by molar-refractivity contribution is -0.290. The Bertz CT molecular complexity index is 3250. The van der Waals surface area contributed by atoms with Gasteiger partial charge < -0.3 is 51.8 Å². The van der Waals surface area contributed by atoms with E-state index in [-0.39, 0.29) is 50.4 Å². The molecule has 0 radical (unpaired) electrons. The molecule has 0 bridgehead atoms. The summed E-state index contributed by atoms with van der Waals surface area (Å²) in [5.41, 5.74) is 4.29. The van der Waals surface area contributed by atoms with Crippen molar-refractivity contribution in [2.45, 2.75) is 138 Å². The van der Waals surface area contributed by atoms with E-state index >= 15 is 0 Å². The van der Waals surface area contributed by atoms with E-state index in [2.05, 4.69) is 130 Å². The third-order valence-electron chi connectivity index (χ3n) is 15.8. The molecule has 10 rings (SSSR count). The first-order chi connectivity index (χ1) is 42.4. The minimum atomic E-state index is -3.20. The first-order valence-electron chi connectivity index (χ1n) is 30.0. The van der Waals surface area contributed by atoms with E-state index in [1.807, 2.05) is 141 Å². The second-order valence-corrected chi connectivity index (χ2v) is 29.0. The van der Waals surface area contributed by atoms with Crippen molar-refractivity contribution in [2.24, 2.45) is 0 Å². The van der Waals surface area contributed by atoms with Gasteiger partial charge >= 0.3 is 0 Å². The molecular weight excluding hydrogens is 1120 g/mol. The lowest BCUT2D eigenvalue weighted by atomic mass is 9.90. The maximum absolute atomic E-state index is 7.83. The predicted molar refractivity (Wildman–Crippen MR) is 345 cm³/mol. The first-order valence-corrected chi connectivity index (χ1v) is 32.8. The van der Waals surface area contributed by atoms with Crippen LogP contribution < -0.4 is 15.1 Å². The molecule has 8 aromatic carbocycles. The van der Waals surface area contributed by atoms with E-state index in [1.54, 1.807) is 18.9 Å². The molecule has 0 spiro atoms. The van der Waals surface area contributed by atoms with Crippen LogP contribution in [0.2, 0.25) is 5.04 Å². The average Bonchev–Trinajstić information content (AvgIpc) is 2.26. The summed E-state index contributed by atoms with van der Waals surface area (Å²) >= 11 is 1.58. The Morgan fingerprint density at radius 2 is 0.977 bits per heavy atom. The molecule has 0 saturated carbocycles. The number of hydrogen-bond donors (Lipinski definition) is 0. The largest absolute Gasteiger partial charge is 0.497 e. The van der Waals surface area contributed by atoms with Gasteiger partial charge in [0.2, 0.25) is 0 Å². The van der Waals surface area contributed by atoms with Crippen molar-refractivity contribution >= 4 is 30.5 Å². The topological polar surface area (TPSA) is 102 Å². The van der Waals surface area contributed by atoms with Gasteiger partial charge in [-0.3, -0.25) is 0 Å². The van der Waals surface area contributed by atoms with Crippen LogP contribution in [0.3, 0.4) is 0 Å². The smallest absolute Gasteiger partial charge is 0.261 e. The van der Waals surface area contributed by atoms with E-state index in [4.69, 9.17) is 58.4 Å². The number of ether oxygens (including phenoxy) is 10. The Kier molecular flexibility index (Phi) is 22.2. The Hall–Kier alpha value is -6.69. The zero-order valence-corrected chi connectivity index (χ0v) is 52.6. The van der Waals surface area contributed by atoms with Gasteiger partial charge in [0.1, 0.15) is 65.8 Å². The lowest BCUT2D eigenvalue weighted by Gasteiger charge is -2.48. The Morgan fingerprint density at radius 1 is 0.529 bits per heavy atom. The lowest BCUT2D eigenvalue weighted by Crippen LogP contribution is -2.67. The number of benzene rings is 8. The number of thioether (sulfide) groups is 1. The standard InChI is InChI=1S/C74H82O11SSi/c1-54(82-65(68-72(85-74(5,6)84-68)86-61-37-23-12-24-38-61)53-81-87(73(2,3)4,62-39-25-13-26-40-62)63-41-27-14-28-42-63)66(77-51-59-43-45-60(75-7)46-44-59)71-70(80-50-58-35-21-11-22-36-58)69(79-49-57-33-19-10-20-34-57)67(78-48-56-31-17-9-18-32-56)64(83-71)52-76-47-55-29-15-8-16-30-55/h8-46,64-72H,1,47-53H2,2-7H3/t64-,65-,66-,67-,68+,69+,70+,71-,72+/m1/s1. The van der Waals surface area contributed by atoms with Crippen molar-refractivity contribution in [1.29, 1.82) is 0 Å². The van der Waals surface area contributed by atoms with E-state index in [1.165, 1.54) is 0 Å². The minimum Gasteiger partial charge on any atom is -0.497 e. The third-order valence-corrected chi connectivity index (χ3v) is 21.9. The molecule has 8 aromatic rings. The molecule has 0 amide bonds. The van der Waals surface area contributed by atoms with Crippen LogP contribution >= 0.6 is 11.8 Å². The Morgan fingerprint density at radius 3 is 1.47 bits per heavy atom. The number of methoxy groups -OCH3 is 1. The van der Waals surface area contributed by atoms with Crippen molar-refractivity contribution in [3.63, 3.8) is 0 Å². The Balaban J connectivity index is 1.10. The molecule has 2 aliphatic rings. The fourth-order valence-corrected chi connectivity index (χ4v) is 17.3. The quantitative estimate of drug-likeness (QED) is 0.0330. The van der Waals surface area contributed by atoms with Crippen LogP contribution in [0.25, 0.3) is 0 Å². The predicted octanol–water partition coefficient (Wildman–Crippen LogP) is 14.1. The highest BCUT2D eigenvalue weighted by Gasteiger charge is 2.55. The number of hydrogen-bond acceptors (Lipinski definition) is 12. The molecule has 2 heterocycles. The summed E-state index contributed by atoms with van der Waals surface area (Å²) < 4.78 is 78.3. The van der Waals surface area contributed by atoms with Gasteiger partial charge in [-0.15, -0.1) is 0 Å². The van der Waals surface area contributed by atoms with Crippen molar-refractivity contribution in [2.75, 3.05) is 20.3 Å².